The third-order valence-electron chi connectivity index (χ3n) is 2.86. The predicted octanol–water partition coefficient (Wildman–Crippen LogP) is 0.394. The summed E-state index contributed by atoms with van der Waals surface area (Å²) in [6, 6.07) is 2.15. The Bertz CT molecular complexity index is 570. The number of nitrogens with one attached hydrogen (secondary N) is 1. The largest absolute Gasteiger partial charge is 0.386 e. The van der Waals surface area contributed by atoms with Crippen molar-refractivity contribution in [2.24, 2.45) is 0 Å². The fourth-order valence-corrected chi connectivity index (χ4v) is 2.93. The molecule has 0 saturated carbocycles. The molecule has 1 fully saturated rings. The minimum absolute atomic E-state index is 0.00114. The highest BCUT2D eigenvalue weighted by Crippen LogP contribution is 2.20. The Balaban J connectivity index is 2.16. The molecule has 8 heteroatoms. The van der Waals surface area contributed by atoms with E-state index in [-0.39, 0.29) is 19.6 Å². The summed E-state index contributed by atoms with van der Waals surface area (Å²) in [5, 5.41) is 9.91. The molecule has 1 aromatic rings. The summed E-state index contributed by atoms with van der Waals surface area (Å²) in [5.74, 6) is -1.91. The minimum Gasteiger partial charge on any atom is -0.386 e. The van der Waals surface area contributed by atoms with Crippen LogP contribution in [-0.2, 0) is 14.8 Å². The van der Waals surface area contributed by atoms with Gasteiger partial charge in [0, 0.05) is 19.6 Å². The zero-order chi connectivity index (χ0) is 14.1. The second-order valence-electron chi connectivity index (χ2n) is 4.43. The van der Waals surface area contributed by atoms with Crippen molar-refractivity contribution in [3.8, 4) is 0 Å². The van der Waals surface area contributed by atoms with Crippen molar-refractivity contribution in [1.29, 1.82) is 0 Å². The molecule has 0 radical (unpaired) electrons. The lowest BCUT2D eigenvalue weighted by Crippen LogP contribution is -2.43. The van der Waals surface area contributed by atoms with E-state index in [4.69, 9.17) is 4.74 Å². The predicted molar refractivity (Wildman–Crippen MR) is 61.9 cm³/mol. The fourth-order valence-electron chi connectivity index (χ4n) is 1.73. The lowest BCUT2D eigenvalue weighted by molar-refractivity contribution is 0.0314. The summed E-state index contributed by atoms with van der Waals surface area (Å²) in [5.41, 5.74) is -1.31. The van der Waals surface area contributed by atoms with E-state index in [0.717, 1.165) is 12.1 Å². The van der Waals surface area contributed by atoms with Crippen molar-refractivity contribution in [3.63, 3.8) is 0 Å². The molecule has 106 valence electrons. The van der Waals surface area contributed by atoms with Gasteiger partial charge in [0.2, 0.25) is 10.0 Å². The molecule has 1 saturated heterocycles. The molecule has 1 aliphatic rings. The SMILES string of the molecule is O=S(=O)(NCC1(O)CCOC1)c1cc(F)ccc1F. The number of benzene rings is 1. The Hall–Kier alpha value is -1.09. The van der Waals surface area contributed by atoms with Crippen LogP contribution in [0.1, 0.15) is 6.42 Å². The van der Waals surface area contributed by atoms with Crippen molar-refractivity contribution in [3.05, 3.63) is 29.8 Å². The van der Waals surface area contributed by atoms with Gasteiger partial charge >= 0.3 is 0 Å². The van der Waals surface area contributed by atoms with Gasteiger partial charge in [-0.15, -0.1) is 0 Å². The quantitative estimate of drug-likeness (QED) is 0.842. The van der Waals surface area contributed by atoms with Gasteiger partial charge in [-0.1, -0.05) is 0 Å². The van der Waals surface area contributed by atoms with Crippen LogP contribution in [0.25, 0.3) is 0 Å². The van der Waals surface area contributed by atoms with E-state index in [0.29, 0.717) is 12.7 Å². The number of rotatable bonds is 4. The molecule has 1 aliphatic heterocycles. The zero-order valence-corrected chi connectivity index (χ0v) is 10.7. The van der Waals surface area contributed by atoms with Crippen LogP contribution in [0.15, 0.2) is 23.1 Å². The molecule has 2 rings (SSSR count). The van der Waals surface area contributed by atoms with E-state index in [1.807, 2.05) is 0 Å². The Labute approximate surface area is 109 Å². The van der Waals surface area contributed by atoms with Crippen LogP contribution in [0.3, 0.4) is 0 Å². The third-order valence-corrected chi connectivity index (χ3v) is 4.27. The number of hydrogen-bond donors (Lipinski definition) is 2. The van der Waals surface area contributed by atoms with Crippen molar-refractivity contribution >= 4 is 10.0 Å². The van der Waals surface area contributed by atoms with Gasteiger partial charge in [0.05, 0.1) is 6.61 Å². The van der Waals surface area contributed by atoms with E-state index < -0.39 is 32.2 Å². The van der Waals surface area contributed by atoms with Crippen molar-refractivity contribution in [2.75, 3.05) is 19.8 Å². The van der Waals surface area contributed by atoms with Gasteiger partial charge < -0.3 is 9.84 Å². The molecule has 0 bridgehead atoms. The van der Waals surface area contributed by atoms with Crippen LogP contribution in [0, 0.1) is 11.6 Å². The lowest BCUT2D eigenvalue weighted by atomic mass is 10.1. The molecule has 1 atom stereocenters. The summed E-state index contributed by atoms with van der Waals surface area (Å²) in [6.07, 6.45) is 0.279. The molecule has 2 N–H and O–H groups in total. The average Bonchev–Trinajstić information content (AvgIpc) is 2.78. The normalized spacial score (nSPS) is 23.7. The summed E-state index contributed by atoms with van der Waals surface area (Å²) in [7, 11) is -4.22. The van der Waals surface area contributed by atoms with Gasteiger partial charge in [0.15, 0.2) is 0 Å². The summed E-state index contributed by atoms with van der Waals surface area (Å²) < 4.78 is 57.0. The molecule has 1 heterocycles. The molecule has 0 aromatic heterocycles. The summed E-state index contributed by atoms with van der Waals surface area (Å²) in [6.45, 7) is 0.0129. The number of aliphatic hydroxyl groups is 1. The smallest absolute Gasteiger partial charge is 0.243 e. The summed E-state index contributed by atoms with van der Waals surface area (Å²) in [4.78, 5) is -0.782. The van der Waals surface area contributed by atoms with Crippen LogP contribution in [-0.4, -0.2) is 38.9 Å². The second kappa shape index (κ2) is 5.12. The van der Waals surface area contributed by atoms with Crippen molar-refractivity contribution < 1.29 is 27.0 Å². The van der Waals surface area contributed by atoms with E-state index in [1.54, 1.807) is 0 Å². The van der Waals surface area contributed by atoms with Crippen LogP contribution in [0.4, 0.5) is 8.78 Å². The summed E-state index contributed by atoms with van der Waals surface area (Å²) >= 11 is 0. The first-order valence-corrected chi connectivity index (χ1v) is 7.06. The average molecular weight is 293 g/mol. The molecule has 5 nitrogen and oxygen atoms in total. The van der Waals surface area contributed by atoms with Gasteiger partial charge in [-0.25, -0.2) is 21.9 Å². The molecule has 1 unspecified atom stereocenters. The highest BCUT2D eigenvalue weighted by atomic mass is 32.2. The maximum atomic E-state index is 13.4. The first-order valence-electron chi connectivity index (χ1n) is 5.57. The van der Waals surface area contributed by atoms with Crippen LogP contribution in [0.5, 0.6) is 0 Å². The van der Waals surface area contributed by atoms with E-state index in [1.165, 1.54) is 0 Å². The fraction of sp³-hybridized carbons (Fsp3) is 0.455. The number of ether oxygens (including phenoxy) is 1. The third kappa shape index (κ3) is 3.27. The number of halogens is 2. The Morgan fingerprint density at radius 1 is 1.42 bits per heavy atom. The van der Waals surface area contributed by atoms with Crippen LogP contribution in [0.2, 0.25) is 0 Å². The Kier molecular flexibility index (Phi) is 3.86. The molecule has 1 aromatic carbocycles. The maximum absolute atomic E-state index is 13.4. The zero-order valence-electron chi connectivity index (χ0n) is 9.90. The molecular formula is C11H13F2NO4S. The molecule has 0 amide bonds. The first kappa shape index (κ1) is 14.3. The van der Waals surface area contributed by atoms with Crippen LogP contribution < -0.4 is 4.72 Å². The van der Waals surface area contributed by atoms with Gasteiger partial charge in [-0.05, 0) is 18.2 Å². The van der Waals surface area contributed by atoms with Gasteiger partial charge in [-0.2, -0.15) is 0 Å². The molecule has 0 spiro atoms. The standard InChI is InChI=1S/C11H13F2NO4S/c12-8-1-2-9(13)10(5-8)19(16,17)14-6-11(15)3-4-18-7-11/h1-2,5,14-15H,3-4,6-7H2. The van der Waals surface area contributed by atoms with E-state index in [9.17, 15) is 22.3 Å². The Morgan fingerprint density at radius 3 is 2.79 bits per heavy atom. The molecule has 19 heavy (non-hydrogen) atoms. The first-order chi connectivity index (χ1) is 8.82. The molecule has 0 aliphatic carbocycles. The monoisotopic (exact) mass is 293 g/mol. The van der Waals surface area contributed by atoms with Gasteiger partial charge in [0.1, 0.15) is 22.1 Å². The molecular weight excluding hydrogens is 280 g/mol. The topological polar surface area (TPSA) is 75.6 Å². The number of sulfonamides is 1. The van der Waals surface area contributed by atoms with Crippen molar-refractivity contribution in [2.45, 2.75) is 16.9 Å². The Morgan fingerprint density at radius 2 is 2.16 bits per heavy atom. The van der Waals surface area contributed by atoms with Gasteiger partial charge in [0.25, 0.3) is 0 Å². The maximum Gasteiger partial charge on any atom is 0.243 e. The van der Waals surface area contributed by atoms with E-state index in [2.05, 4.69) is 4.72 Å². The van der Waals surface area contributed by atoms with Crippen LogP contribution >= 0.6 is 0 Å². The number of hydrogen-bond acceptors (Lipinski definition) is 4. The minimum atomic E-state index is -4.22. The highest BCUT2D eigenvalue weighted by Gasteiger charge is 2.34. The second-order valence-corrected chi connectivity index (χ2v) is 6.16. The lowest BCUT2D eigenvalue weighted by Gasteiger charge is -2.20. The van der Waals surface area contributed by atoms with E-state index >= 15 is 0 Å². The highest BCUT2D eigenvalue weighted by molar-refractivity contribution is 7.89. The van der Waals surface area contributed by atoms with Crippen molar-refractivity contribution in [1.82, 2.24) is 4.72 Å². The van der Waals surface area contributed by atoms with Gasteiger partial charge in [-0.3, -0.25) is 0 Å².